The molecule has 1 atom stereocenters. The van der Waals surface area contributed by atoms with Crippen molar-refractivity contribution in [2.24, 2.45) is 11.3 Å². The lowest BCUT2D eigenvalue weighted by molar-refractivity contribution is -0.190. The highest BCUT2D eigenvalue weighted by Crippen LogP contribution is 2.59. The lowest BCUT2D eigenvalue weighted by atomic mass is 9.93. The number of likely N-dealkylation sites (tertiary alicyclic amines) is 1. The number of nitrogens with zero attached hydrogens (tertiary/aromatic N) is 5. The molecule has 1 saturated carbocycles. The van der Waals surface area contributed by atoms with Gasteiger partial charge in [0.15, 0.2) is 18.0 Å². The lowest BCUT2D eigenvalue weighted by Gasteiger charge is -2.33. The average molecular weight is 755 g/mol. The molecule has 2 aliphatic rings. The minimum Gasteiger partial charge on any atom is -0.478 e. The zero-order chi connectivity index (χ0) is 37.0. The highest BCUT2D eigenvalue weighted by molar-refractivity contribution is 7.93. The fourth-order valence-corrected chi connectivity index (χ4v) is 6.50. The second-order valence-electron chi connectivity index (χ2n) is 14.4. The quantitative estimate of drug-likeness (QED) is 0.0748. The Hall–Kier alpha value is -3.92. The number of rotatable bonds is 14. The number of hydrogen-bond donors (Lipinski definition) is 1. The molecule has 3 aromatic rings. The van der Waals surface area contributed by atoms with Crippen LogP contribution in [0.25, 0.3) is 5.82 Å². The molecule has 2 fully saturated rings. The third-order valence-electron chi connectivity index (χ3n) is 8.70. The molecule has 1 aliphatic heterocycles. The molecule has 4 heterocycles. The summed E-state index contributed by atoms with van der Waals surface area (Å²) in [5.41, 5.74) is -2.40. The van der Waals surface area contributed by atoms with Gasteiger partial charge in [0.1, 0.15) is 10.8 Å². The van der Waals surface area contributed by atoms with Gasteiger partial charge in [-0.3, -0.25) is 9.52 Å². The van der Waals surface area contributed by atoms with E-state index in [1.165, 1.54) is 29.1 Å². The molecule has 1 N–H and O–H groups in total. The number of aromatic nitrogens is 4. The summed E-state index contributed by atoms with van der Waals surface area (Å²) in [6.07, 6.45) is -0.378. The molecular weight excluding hydrogens is 713 g/mol. The number of ether oxygens (including phenoxy) is 3. The van der Waals surface area contributed by atoms with Gasteiger partial charge < -0.3 is 23.3 Å². The van der Waals surface area contributed by atoms with Crippen LogP contribution < -0.4 is 18.4 Å². The molecule has 0 radical (unpaired) electrons. The maximum atomic E-state index is 13.1. The standard InChI is InChI=1S/C34H42ClF3N6O6S/c1-31(2,3)49-30(46)43-21-22(20-32(43,4)5)8-7-18-47-25-9-6-10-26(40-25)50-51-42-29(45)23-11-12-24(39-28(23)35)44-17-13-27(41-44)48-19-16-33(14-15-33)34(36,37)38/h6,9-13,17,22H,7-8,14-16,18-21H2,1-5H3,(H,42,45). The van der Waals surface area contributed by atoms with Gasteiger partial charge in [0.2, 0.25) is 17.6 Å². The first-order chi connectivity index (χ1) is 23.9. The van der Waals surface area contributed by atoms with Crippen LogP contribution in [0.1, 0.15) is 83.5 Å². The van der Waals surface area contributed by atoms with Crippen molar-refractivity contribution in [1.82, 2.24) is 29.4 Å². The van der Waals surface area contributed by atoms with Gasteiger partial charge in [-0.25, -0.2) is 14.5 Å². The second kappa shape index (κ2) is 15.4. The summed E-state index contributed by atoms with van der Waals surface area (Å²) in [4.78, 5) is 35.8. The summed E-state index contributed by atoms with van der Waals surface area (Å²) in [6, 6.07) is 9.51. The molecule has 3 aromatic heterocycles. The van der Waals surface area contributed by atoms with Gasteiger partial charge in [-0.1, -0.05) is 17.7 Å². The van der Waals surface area contributed by atoms with Crippen LogP contribution in [0.2, 0.25) is 5.15 Å². The van der Waals surface area contributed by atoms with Crippen molar-refractivity contribution in [3.8, 4) is 23.5 Å². The molecule has 2 amide bonds. The normalized spacial score (nSPS) is 17.9. The van der Waals surface area contributed by atoms with Crippen LogP contribution in [-0.2, 0) is 4.74 Å². The Balaban J connectivity index is 1.03. The topological polar surface area (TPSA) is 130 Å². The number of nitrogens with one attached hydrogen (secondary N) is 1. The Labute approximate surface area is 304 Å². The lowest BCUT2D eigenvalue weighted by Crippen LogP contribution is -2.45. The minimum atomic E-state index is -4.24. The van der Waals surface area contributed by atoms with E-state index in [1.807, 2.05) is 25.7 Å². The van der Waals surface area contributed by atoms with Crippen LogP contribution in [0.15, 0.2) is 42.6 Å². The van der Waals surface area contributed by atoms with Crippen LogP contribution in [0.4, 0.5) is 18.0 Å². The minimum absolute atomic E-state index is 0.0759. The summed E-state index contributed by atoms with van der Waals surface area (Å²) in [7, 11) is 0. The first kappa shape index (κ1) is 38.3. The van der Waals surface area contributed by atoms with E-state index in [0.717, 1.165) is 19.3 Å². The Morgan fingerprint density at radius 1 is 1.02 bits per heavy atom. The number of hydrogen-bond acceptors (Lipinski definition) is 10. The summed E-state index contributed by atoms with van der Waals surface area (Å²) in [5, 5.41) is 4.09. The number of halogens is 4. The number of pyridine rings is 2. The van der Waals surface area contributed by atoms with E-state index >= 15 is 0 Å². The molecule has 0 bridgehead atoms. The molecular formula is C34H42ClF3N6O6S. The zero-order valence-corrected chi connectivity index (χ0v) is 30.7. The van der Waals surface area contributed by atoms with Crippen LogP contribution in [0.5, 0.6) is 17.6 Å². The summed E-state index contributed by atoms with van der Waals surface area (Å²) in [5.74, 6) is 0.763. The van der Waals surface area contributed by atoms with E-state index in [2.05, 4.69) is 33.6 Å². The Bertz CT molecular complexity index is 1700. The first-order valence-corrected chi connectivity index (χ1v) is 17.7. The summed E-state index contributed by atoms with van der Waals surface area (Å²) >= 11 is 6.93. The zero-order valence-electron chi connectivity index (χ0n) is 29.1. The number of carbonyl (C=O) groups excluding carboxylic acids is 2. The largest absolute Gasteiger partial charge is 0.478 e. The van der Waals surface area contributed by atoms with Gasteiger partial charge in [-0.2, -0.15) is 18.2 Å². The monoisotopic (exact) mass is 754 g/mol. The van der Waals surface area contributed by atoms with E-state index in [9.17, 15) is 22.8 Å². The SMILES string of the molecule is CC(C)(C)OC(=O)N1CC(CCCOc2cccc(OSNC(=O)c3ccc(-n4ccc(OCCC5(C(F)(F)F)CC5)n4)nc3Cl)n2)CC1(C)C. The Kier molecular flexibility index (Phi) is 11.5. The average Bonchev–Trinajstić information content (AvgIpc) is 3.58. The van der Waals surface area contributed by atoms with Crippen molar-refractivity contribution in [2.45, 2.75) is 90.5 Å². The summed E-state index contributed by atoms with van der Waals surface area (Å²) in [6.45, 7) is 10.7. The van der Waals surface area contributed by atoms with Crippen LogP contribution >= 0.6 is 23.8 Å². The predicted molar refractivity (Wildman–Crippen MR) is 184 cm³/mol. The molecule has 12 nitrogen and oxygen atoms in total. The van der Waals surface area contributed by atoms with E-state index in [-0.39, 0.29) is 65.8 Å². The third kappa shape index (κ3) is 10.1. The molecule has 1 unspecified atom stereocenters. The highest BCUT2D eigenvalue weighted by Gasteiger charge is 2.62. The first-order valence-electron chi connectivity index (χ1n) is 16.6. The molecule has 278 valence electrons. The van der Waals surface area contributed by atoms with Gasteiger partial charge in [-0.05, 0) is 91.2 Å². The Morgan fingerprint density at radius 2 is 1.75 bits per heavy atom. The molecule has 5 rings (SSSR count). The maximum Gasteiger partial charge on any atom is 0.410 e. The van der Waals surface area contributed by atoms with E-state index < -0.39 is 23.1 Å². The van der Waals surface area contributed by atoms with Crippen LogP contribution in [0.3, 0.4) is 0 Å². The van der Waals surface area contributed by atoms with Gasteiger partial charge in [0, 0.05) is 36.5 Å². The fourth-order valence-electron chi connectivity index (χ4n) is 5.86. The van der Waals surface area contributed by atoms with Crippen molar-refractivity contribution in [1.29, 1.82) is 0 Å². The molecule has 1 saturated heterocycles. The summed E-state index contributed by atoms with van der Waals surface area (Å²) < 4.78 is 65.7. The van der Waals surface area contributed by atoms with E-state index in [0.29, 0.717) is 37.2 Å². The van der Waals surface area contributed by atoms with Gasteiger partial charge in [-0.15, -0.1) is 5.10 Å². The van der Waals surface area contributed by atoms with Crippen molar-refractivity contribution in [3.05, 3.63) is 53.3 Å². The number of carbonyl (C=O) groups is 2. The van der Waals surface area contributed by atoms with E-state index in [1.54, 1.807) is 18.2 Å². The van der Waals surface area contributed by atoms with Gasteiger partial charge >= 0.3 is 12.3 Å². The molecule has 1 aliphatic carbocycles. The van der Waals surface area contributed by atoms with Gasteiger partial charge in [0.25, 0.3) is 5.91 Å². The molecule has 0 spiro atoms. The molecule has 0 aromatic carbocycles. The smallest absolute Gasteiger partial charge is 0.410 e. The third-order valence-corrected chi connectivity index (χ3v) is 9.51. The molecule has 17 heteroatoms. The van der Waals surface area contributed by atoms with Crippen LogP contribution in [0, 0.1) is 11.3 Å². The Morgan fingerprint density at radius 3 is 2.43 bits per heavy atom. The van der Waals surface area contributed by atoms with Crippen molar-refractivity contribution >= 4 is 35.8 Å². The second-order valence-corrected chi connectivity index (χ2v) is 15.3. The van der Waals surface area contributed by atoms with Crippen LogP contribution in [-0.4, -0.2) is 73.7 Å². The predicted octanol–water partition coefficient (Wildman–Crippen LogP) is 7.99. The van der Waals surface area contributed by atoms with E-state index in [4.69, 9.17) is 30.0 Å². The van der Waals surface area contributed by atoms with Crippen molar-refractivity contribution in [3.63, 3.8) is 0 Å². The van der Waals surface area contributed by atoms with Crippen molar-refractivity contribution in [2.75, 3.05) is 19.8 Å². The fraction of sp³-hybridized carbons (Fsp3) is 0.559. The molecule has 51 heavy (non-hydrogen) atoms. The van der Waals surface area contributed by atoms with Crippen molar-refractivity contribution < 1.29 is 41.2 Å². The van der Waals surface area contributed by atoms with Gasteiger partial charge in [0.05, 0.1) is 24.2 Å². The number of alkyl halides is 3. The maximum absolute atomic E-state index is 13.1. The number of amides is 2. The highest BCUT2D eigenvalue weighted by atomic mass is 35.5.